The molecule has 0 saturated heterocycles. The highest BCUT2D eigenvalue weighted by Crippen LogP contribution is 2.48. The van der Waals surface area contributed by atoms with E-state index in [2.05, 4.69) is 18.3 Å². The fraction of sp³-hybridized carbons (Fsp3) is 0.200. The maximum Gasteiger partial charge on any atom is 0.336 e. The number of hydrogen-bond donors (Lipinski definition) is 3. The number of aromatic carboxylic acids is 1. The summed E-state index contributed by atoms with van der Waals surface area (Å²) >= 11 is 0. The molecule has 0 bridgehead atoms. The molecule has 162 valence electrons. The minimum absolute atomic E-state index is 0.235. The Bertz CT molecular complexity index is 1010. The number of rotatable bonds is 10. The van der Waals surface area contributed by atoms with Gasteiger partial charge in [0.05, 0.1) is 10.6 Å². The summed E-state index contributed by atoms with van der Waals surface area (Å²) in [5, 5.41) is 15.1. The van der Waals surface area contributed by atoms with Crippen molar-refractivity contribution in [3.63, 3.8) is 0 Å². The molecule has 0 fully saturated rings. The first-order valence-corrected chi connectivity index (χ1v) is 11.7. The molecule has 2 aromatic rings. The van der Waals surface area contributed by atoms with Crippen LogP contribution in [0.1, 0.15) is 46.9 Å². The smallest absolute Gasteiger partial charge is 0.336 e. The second kappa shape index (κ2) is 11.2. The van der Waals surface area contributed by atoms with Gasteiger partial charge in [-0.1, -0.05) is 50.1 Å². The molecule has 0 saturated carbocycles. The molecule has 2 aromatic carbocycles. The van der Waals surface area contributed by atoms with Crippen LogP contribution in [0, 0.1) is 0 Å². The van der Waals surface area contributed by atoms with E-state index in [9.17, 15) is 14.7 Å². The molecule has 6 heteroatoms. The van der Waals surface area contributed by atoms with Gasteiger partial charge >= 0.3 is 5.97 Å². The van der Waals surface area contributed by atoms with Gasteiger partial charge in [0, 0.05) is 10.5 Å². The van der Waals surface area contributed by atoms with E-state index in [1.54, 1.807) is 42.5 Å². The van der Waals surface area contributed by atoms with Crippen molar-refractivity contribution < 1.29 is 19.4 Å². The number of carbonyl (C=O) groups is 2. The number of benzene rings is 2. The van der Waals surface area contributed by atoms with Crippen LogP contribution in [0.25, 0.3) is 0 Å². The molecule has 5 nitrogen and oxygen atoms in total. The highest BCUT2D eigenvalue weighted by Gasteiger charge is 2.21. The predicted octanol–water partition coefficient (Wildman–Crippen LogP) is 5.67. The second-order valence-corrected chi connectivity index (χ2v) is 8.99. The van der Waals surface area contributed by atoms with Crippen molar-refractivity contribution in [2.24, 2.45) is 0 Å². The monoisotopic (exact) mass is 437 g/mol. The van der Waals surface area contributed by atoms with Gasteiger partial charge in [0.15, 0.2) is 0 Å². The highest BCUT2D eigenvalue weighted by atomic mass is 32.2. The van der Waals surface area contributed by atoms with E-state index in [0.29, 0.717) is 27.8 Å². The average molecular weight is 438 g/mol. The Hall–Kier alpha value is -3.25. The van der Waals surface area contributed by atoms with Crippen LogP contribution in [0.15, 0.2) is 88.2 Å². The Morgan fingerprint density at radius 3 is 2.61 bits per heavy atom. The van der Waals surface area contributed by atoms with Gasteiger partial charge in [-0.25, -0.2) is 4.79 Å². The van der Waals surface area contributed by atoms with E-state index in [-0.39, 0.29) is 11.5 Å². The van der Waals surface area contributed by atoms with Crippen molar-refractivity contribution in [2.75, 3.05) is 6.61 Å². The fourth-order valence-corrected chi connectivity index (χ4v) is 5.08. The molecular weight excluding hydrogens is 410 g/mol. The van der Waals surface area contributed by atoms with Gasteiger partial charge in [0.2, 0.25) is 0 Å². The van der Waals surface area contributed by atoms with Crippen LogP contribution in [0.3, 0.4) is 0 Å². The predicted molar refractivity (Wildman–Crippen MR) is 126 cm³/mol. The maximum absolute atomic E-state index is 12.7. The first-order valence-electron chi connectivity index (χ1n) is 10.3. The first-order chi connectivity index (χ1) is 15.1. The van der Waals surface area contributed by atoms with Gasteiger partial charge in [-0.3, -0.25) is 4.79 Å². The van der Waals surface area contributed by atoms with Gasteiger partial charge in [-0.05, 0) is 54.3 Å². The molecule has 2 N–H and O–H groups in total. The molecule has 31 heavy (non-hydrogen) atoms. The van der Waals surface area contributed by atoms with Crippen LogP contribution < -0.4 is 10.1 Å². The van der Waals surface area contributed by atoms with Crippen LogP contribution in [0.2, 0.25) is 0 Å². The minimum atomic E-state index is -1.07. The number of carbonyl (C=O) groups excluding carboxylic acids is 1. The van der Waals surface area contributed by atoms with Gasteiger partial charge in [-0.15, -0.1) is 0 Å². The van der Waals surface area contributed by atoms with Crippen molar-refractivity contribution in [3.05, 3.63) is 94.4 Å². The summed E-state index contributed by atoms with van der Waals surface area (Å²) in [5.41, 5.74) is 0.769. The highest BCUT2D eigenvalue weighted by molar-refractivity contribution is 8.23. The third-order valence-corrected chi connectivity index (χ3v) is 6.90. The summed E-state index contributed by atoms with van der Waals surface area (Å²) in [5.74, 6) is -0.503. The zero-order valence-corrected chi connectivity index (χ0v) is 18.3. The standard InChI is InChI=1S/C25H27NO4S/c1-2-3-4-5-8-17-30-20-15-13-19(14-16-20)24(27)26-23-12-9-18-31(23)22-11-7-6-10-21(22)25(28)29/h5-16,18,31H,2-4,17H2,1H3,(H,26,27)(H,28,29)/b8-5+. The van der Waals surface area contributed by atoms with Gasteiger partial charge in [0.1, 0.15) is 12.4 Å². The van der Waals surface area contributed by atoms with Crippen molar-refractivity contribution in [3.8, 4) is 5.75 Å². The molecule has 0 aliphatic carbocycles. The van der Waals surface area contributed by atoms with Gasteiger partial charge in [-0.2, -0.15) is 10.9 Å². The summed E-state index contributed by atoms with van der Waals surface area (Å²) in [6, 6.07) is 13.9. The van der Waals surface area contributed by atoms with Crippen molar-refractivity contribution in [1.82, 2.24) is 5.32 Å². The van der Waals surface area contributed by atoms with Crippen LogP contribution in [0.5, 0.6) is 5.75 Å². The number of carboxylic acids is 1. The lowest BCUT2D eigenvalue weighted by Crippen LogP contribution is -2.22. The number of nitrogens with one attached hydrogen (secondary N) is 1. The number of thiol groups is 1. The van der Waals surface area contributed by atoms with E-state index in [0.717, 1.165) is 6.42 Å². The SMILES string of the molecule is CCCC/C=C/COc1ccc(C(=O)NC2=CC=C[SH]2c2ccccc2C(=O)O)cc1. The summed E-state index contributed by atoms with van der Waals surface area (Å²) in [7, 11) is -1.07. The van der Waals surface area contributed by atoms with Crippen LogP contribution in [-0.2, 0) is 0 Å². The normalized spacial score (nSPS) is 16.3. The second-order valence-electron chi connectivity index (χ2n) is 6.99. The molecule has 0 radical (unpaired) electrons. The molecule has 1 atom stereocenters. The minimum Gasteiger partial charge on any atom is -0.490 e. The molecule has 3 rings (SSSR count). The molecule has 1 unspecified atom stereocenters. The lowest BCUT2D eigenvalue weighted by Gasteiger charge is -2.21. The number of amides is 1. The quantitative estimate of drug-likeness (QED) is 0.254. The lowest BCUT2D eigenvalue weighted by molar-refractivity contribution is 0.0693. The van der Waals surface area contributed by atoms with Crippen LogP contribution in [-0.4, -0.2) is 23.6 Å². The van der Waals surface area contributed by atoms with E-state index in [1.165, 1.54) is 12.8 Å². The van der Waals surface area contributed by atoms with Crippen molar-refractivity contribution in [2.45, 2.75) is 31.1 Å². The Morgan fingerprint density at radius 1 is 1.10 bits per heavy atom. The third kappa shape index (κ3) is 6.12. The molecular formula is C25H27NO4S. The first kappa shape index (κ1) is 22.4. The van der Waals surface area contributed by atoms with E-state index < -0.39 is 16.9 Å². The largest absolute Gasteiger partial charge is 0.490 e. The Balaban J connectivity index is 1.60. The molecule has 1 aliphatic rings. The third-order valence-electron chi connectivity index (χ3n) is 4.74. The van der Waals surface area contributed by atoms with E-state index in [1.807, 2.05) is 29.7 Å². The molecule has 1 amide bonds. The van der Waals surface area contributed by atoms with Gasteiger partial charge in [0.25, 0.3) is 5.91 Å². The average Bonchev–Trinajstić information content (AvgIpc) is 3.24. The summed E-state index contributed by atoms with van der Waals surface area (Å²) in [6.45, 7) is 2.67. The molecule has 1 aliphatic heterocycles. The Kier molecular flexibility index (Phi) is 8.12. The molecule has 0 spiro atoms. The lowest BCUT2D eigenvalue weighted by atomic mass is 10.2. The number of allylic oxidation sites excluding steroid dienone is 3. The zero-order chi connectivity index (χ0) is 22.1. The Labute approximate surface area is 185 Å². The number of unbranched alkanes of at least 4 members (excludes halogenated alkanes) is 2. The topological polar surface area (TPSA) is 75.6 Å². The summed E-state index contributed by atoms with van der Waals surface area (Å²) < 4.78 is 5.67. The van der Waals surface area contributed by atoms with Crippen molar-refractivity contribution in [1.29, 1.82) is 0 Å². The van der Waals surface area contributed by atoms with Crippen LogP contribution >= 0.6 is 10.9 Å². The number of carboxylic acid groups (broad SMARTS) is 1. The molecule has 0 aromatic heterocycles. The van der Waals surface area contributed by atoms with E-state index >= 15 is 0 Å². The maximum atomic E-state index is 12.7. The summed E-state index contributed by atoms with van der Waals surface area (Å²) in [4.78, 5) is 25.0. The Morgan fingerprint density at radius 2 is 1.87 bits per heavy atom. The van der Waals surface area contributed by atoms with Crippen molar-refractivity contribution >= 4 is 22.8 Å². The van der Waals surface area contributed by atoms with Gasteiger partial charge < -0.3 is 15.2 Å². The zero-order valence-electron chi connectivity index (χ0n) is 17.5. The summed E-state index contributed by atoms with van der Waals surface area (Å²) in [6.07, 6.45) is 11.2. The molecule has 1 heterocycles. The van der Waals surface area contributed by atoms with E-state index in [4.69, 9.17) is 4.74 Å². The fourth-order valence-electron chi connectivity index (χ4n) is 3.10. The number of ether oxygens (including phenoxy) is 1. The number of hydrogen-bond acceptors (Lipinski definition) is 3. The van der Waals surface area contributed by atoms with Crippen LogP contribution in [0.4, 0.5) is 0 Å².